The summed E-state index contributed by atoms with van der Waals surface area (Å²) in [5.74, 6) is 0.0277. The van der Waals surface area contributed by atoms with Crippen LogP contribution in [0.2, 0.25) is 0 Å². The lowest BCUT2D eigenvalue weighted by molar-refractivity contribution is -0.129. The van der Waals surface area contributed by atoms with Crippen molar-refractivity contribution >= 4 is 22.9 Å². The van der Waals surface area contributed by atoms with Crippen molar-refractivity contribution in [3.8, 4) is 5.75 Å². The average Bonchev–Trinajstić information content (AvgIpc) is 2.88. The number of nitrogens with one attached hydrogen (secondary N) is 1. The second kappa shape index (κ2) is 7.88. The summed E-state index contributed by atoms with van der Waals surface area (Å²) >= 11 is 0.607. The van der Waals surface area contributed by atoms with Gasteiger partial charge >= 0.3 is 0 Å². The molecule has 3 rings (SSSR count). The lowest BCUT2D eigenvalue weighted by atomic mass is 10.1. The van der Waals surface area contributed by atoms with Crippen molar-refractivity contribution in [2.45, 2.75) is 31.1 Å². The van der Waals surface area contributed by atoms with Gasteiger partial charge in [-0.25, -0.2) is 0 Å². The number of hydrogen-bond acceptors (Lipinski definition) is 6. The van der Waals surface area contributed by atoms with Crippen LogP contribution in [0.15, 0.2) is 42.6 Å². The normalized spacial score (nSPS) is 19.5. The van der Waals surface area contributed by atoms with Crippen molar-refractivity contribution in [2.24, 2.45) is 0 Å². The molecule has 1 saturated heterocycles. The molecule has 1 aliphatic heterocycles. The molecular weight excluding hydrogens is 352 g/mol. The number of amides is 2. The highest BCUT2D eigenvalue weighted by molar-refractivity contribution is 8.15. The average molecular weight is 372 g/mol. The number of nitrogens with zero attached hydrogens (tertiary/aromatic N) is 1. The fourth-order valence-corrected chi connectivity index (χ4v) is 3.43. The van der Waals surface area contributed by atoms with Crippen LogP contribution in [0.25, 0.3) is 0 Å². The summed E-state index contributed by atoms with van der Waals surface area (Å²) in [6.07, 6.45) is 3.63. The molecule has 0 saturated carbocycles. The van der Waals surface area contributed by atoms with E-state index in [0.717, 1.165) is 17.7 Å². The first-order chi connectivity index (χ1) is 12.5. The van der Waals surface area contributed by atoms with Crippen LogP contribution in [0.1, 0.15) is 23.7 Å². The van der Waals surface area contributed by atoms with Crippen LogP contribution < -0.4 is 10.1 Å². The Bertz CT molecular complexity index is 792. The highest BCUT2D eigenvalue weighted by Gasteiger charge is 2.46. The molecule has 0 unspecified atom stereocenters. The highest BCUT2D eigenvalue weighted by atomic mass is 32.2. The number of rotatable bonds is 7. The number of ether oxygens (including phenoxy) is 1. The zero-order valence-corrected chi connectivity index (χ0v) is 15.2. The molecule has 1 fully saturated rings. The molecule has 26 heavy (non-hydrogen) atoms. The molecule has 2 amide bonds. The Morgan fingerprint density at radius 1 is 1.15 bits per heavy atom. The molecule has 1 aromatic carbocycles. The van der Waals surface area contributed by atoms with Gasteiger partial charge in [-0.2, -0.15) is 0 Å². The summed E-state index contributed by atoms with van der Waals surface area (Å²) in [6.45, 7) is 2.60. The number of aromatic nitrogens is 1. The predicted octanol–water partition coefficient (Wildman–Crippen LogP) is 2.48. The van der Waals surface area contributed by atoms with E-state index in [2.05, 4.69) is 23.3 Å². The maximum atomic E-state index is 11.7. The fourth-order valence-electron chi connectivity index (χ4n) is 2.60. The molecule has 2 aromatic rings. The topological polar surface area (TPSA) is 88.5 Å². The third-order valence-corrected chi connectivity index (χ3v) is 5.08. The second-order valence-corrected chi connectivity index (χ2v) is 7.31. The van der Waals surface area contributed by atoms with Gasteiger partial charge in [-0.15, -0.1) is 0 Å². The van der Waals surface area contributed by atoms with Crippen molar-refractivity contribution in [1.82, 2.24) is 10.3 Å². The van der Waals surface area contributed by atoms with Crippen molar-refractivity contribution in [2.75, 3.05) is 6.61 Å². The Morgan fingerprint density at radius 3 is 2.46 bits per heavy atom. The third kappa shape index (κ3) is 4.42. The summed E-state index contributed by atoms with van der Waals surface area (Å²) in [6, 6.07) is 11.2. The standard InChI is InChI=1S/C19H20N2O4S/c1-2-13-3-6-15(20-12-13)9-10-25-16-7-4-14(5-8-16)11-19(24)17(22)21-18(23)26-19/h3-8,12,24H,2,9-11H2,1H3,(H,21,22,23)/t19-/m1/s1. The second-order valence-electron chi connectivity index (χ2n) is 6.06. The first kappa shape index (κ1) is 18.4. The summed E-state index contributed by atoms with van der Waals surface area (Å²) in [5, 5.41) is 11.8. The van der Waals surface area contributed by atoms with E-state index in [0.29, 0.717) is 30.5 Å². The molecule has 0 aliphatic carbocycles. The lowest BCUT2D eigenvalue weighted by Crippen LogP contribution is -2.38. The molecule has 0 bridgehead atoms. The molecule has 0 radical (unpaired) electrons. The summed E-state index contributed by atoms with van der Waals surface area (Å²) in [4.78, 5) is 25.5. The van der Waals surface area contributed by atoms with Crippen molar-refractivity contribution < 1.29 is 19.4 Å². The van der Waals surface area contributed by atoms with Crippen molar-refractivity contribution in [3.05, 3.63) is 59.4 Å². The van der Waals surface area contributed by atoms with Crippen LogP contribution in [0.3, 0.4) is 0 Å². The van der Waals surface area contributed by atoms with E-state index in [1.165, 1.54) is 5.56 Å². The maximum Gasteiger partial charge on any atom is 0.289 e. The van der Waals surface area contributed by atoms with Crippen LogP contribution in [-0.4, -0.2) is 32.8 Å². The summed E-state index contributed by atoms with van der Waals surface area (Å²) < 4.78 is 5.71. The van der Waals surface area contributed by atoms with Crippen molar-refractivity contribution in [3.63, 3.8) is 0 Å². The Kier molecular flexibility index (Phi) is 5.58. The Labute approximate surface area is 156 Å². The van der Waals surface area contributed by atoms with Gasteiger partial charge in [-0.3, -0.25) is 19.9 Å². The van der Waals surface area contributed by atoms with Gasteiger partial charge < -0.3 is 9.84 Å². The number of benzene rings is 1. The molecule has 2 heterocycles. The fraction of sp³-hybridized carbons (Fsp3) is 0.316. The van der Waals surface area contributed by atoms with E-state index >= 15 is 0 Å². The Hall–Kier alpha value is -2.38. The van der Waals surface area contributed by atoms with E-state index in [1.54, 1.807) is 24.3 Å². The molecule has 2 N–H and O–H groups in total. The molecule has 6 nitrogen and oxygen atoms in total. The van der Waals surface area contributed by atoms with E-state index in [1.807, 2.05) is 12.3 Å². The molecule has 1 aliphatic rings. The number of hydrogen-bond donors (Lipinski definition) is 2. The first-order valence-electron chi connectivity index (χ1n) is 8.41. The minimum absolute atomic E-state index is 0.0587. The van der Waals surface area contributed by atoms with Crippen LogP contribution in [-0.2, 0) is 24.1 Å². The third-order valence-electron chi connectivity index (χ3n) is 4.12. The zero-order chi connectivity index (χ0) is 18.6. The van der Waals surface area contributed by atoms with E-state index in [9.17, 15) is 14.7 Å². The number of carbonyl (C=O) groups is 2. The number of carbonyl (C=O) groups excluding carboxylic acids is 2. The maximum absolute atomic E-state index is 11.7. The smallest absolute Gasteiger partial charge is 0.289 e. The molecular formula is C19H20N2O4S. The first-order valence-corrected chi connectivity index (χ1v) is 9.22. The van der Waals surface area contributed by atoms with Gasteiger partial charge in [0.2, 0.25) is 4.93 Å². The largest absolute Gasteiger partial charge is 0.493 e. The van der Waals surface area contributed by atoms with E-state index in [4.69, 9.17) is 4.74 Å². The van der Waals surface area contributed by atoms with Gasteiger partial charge in [0.25, 0.3) is 11.1 Å². The van der Waals surface area contributed by atoms with E-state index in [-0.39, 0.29) is 6.42 Å². The zero-order valence-electron chi connectivity index (χ0n) is 14.4. The molecule has 0 spiro atoms. The van der Waals surface area contributed by atoms with Crippen LogP contribution in [0.4, 0.5) is 4.79 Å². The number of pyridine rings is 1. The van der Waals surface area contributed by atoms with Crippen molar-refractivity contribution in [1.29, 1.82) is 0 Å². The highest BCUT2D eigenvalue weighted by Crippen LogP contribution is 2.32. The SMILES string of the molecule is CCc1ccc(CCOc2ccc(C[C@@]3(O)SC(=O)NC3=O)cc2)nc1. The molecule has 7 heteroatoms. The lowest BCUT2D eigenvalue weighted by Gasteiger charge is -2.17. The quantitative estimate of drug-likeness (QED) is 0.776. The molecule has 1 atom stereocenters. The van der Waals surface area contributed by atoms with Gasteiger partial charge in [0.1, 0.15) is 5.75 Å². The monoisotopic (exact) mass is 372 g/mol. The Balaban J connectivity index is 1.51. The van der Waals surface area contributed by atoms with Gasteiger partial charge in [0, 0.05) is 24.7 Å². The van der Waals surface area contributed by atoms with Gasteiger partial charge in [0.15, 0.2) is 0 Å². The number of aryl methyl sites for hydroxylation is 1. The van der Waals surface area contributed by atoms with Gasteiger partial charge in [0.05, 0.1) is 6.61 Å². The molecule has 1 aromatic heterocycles. The number of aliphatic hydroxyl groups is 1. The number of imide groups is 1. The van der Waals surface area contributed by atoms with Gasteiger partial charge in [-0.05, 0) is 47.5 Å². The van der Waals surface area contributed by atoms with Crippen LogP contribution in [0.5, 0.6) is 5.75 Å². The number of thioether (sulfide) groups is 1. The van der Waals surface area contributed by atoms with E-state index < -0.39 is 16.1 Å². The molecule has 136 valence electrons. The minimum Gasteiger partial charge on any atom is -0.493 e. The predicted molar refractivity (Wildman–Crippen MR) is 99.0 cm³/mol. The van der Waals surface area contributed by atoms with Crippen LogP contribution in [0, 0.1) is 0 Å². The minimum atomic E-state index is -1.74. The van der Waals surface area contributed by atoms with Crippen LogP contribution >= 0.6 is 11.8 Å². The van der Waals surface area contributed by atoms with Gasteiger partial charge in [-0.1, -0.05) is 25.1 Å². The summed E-state index contributed by atoms with van der Waals surface area (Å²) in [5.41, 5.74) is 2.94. The Morgan fingerprint density at radius 2 is 1.88 bits per heavy atom. The summed E-state index contributed by atoms with van der Waals surface area (Å²) in [7, 11) is 0.